The molecule has 0 heterocycles. The molecule has 1 aliphatic rings. The Labute approximate surface area is 270 Å². The van der Waals surface area contributed by atoms with Crippen molar-refractivity contribution in [1.29, 1.82) is 0 Å². The average Bonchev–Trinajstić information content (AvgIpc) is 3.32. The molecule has 0 amide bonds. The van der Waals surface area contributed by atoms with Crippen LogP contribution in [0.4, 0.5) is 17.1 Å². The summed E-state index contributed by atoms with van der Waals surface area (Å²) in [5.74, 6) is 0. The lowest BCUT2D eigenvalue weighted by molar-refractivity contribution is 0.661. The molecule has 2 nitrogen and oxygen atoms in total. The Kier molecular flexibility index (Phi) is 6.73. The number of rotatable bonds is 6. The van der Waals surface area contributed by atoms with E-state index >= 15 is 0 Å². The van der Waals surface area contributed by atoms with Crippen LogP contribution < -0.4 is 10.6 Å². The second-order valence-electron chi connectivity index (χ2n) is 12.7. The summed E-state index contributed by atoms with van der Waals surface area (Å²) < 4.78 is 0. The number of allylic oxidation sites excluding steroid dienone is 2. The third kappa shape index (κ3) is 4.57. The van der Waals surface area contributed by atoms with Gasteiger partial charge in [-0.2, -0.15) is 0 Å². The predicted octanol–water partition coefficient (Wildman–Crippen LogP) is 12.2. The summed E-state index contributed by atoms with van der Waals surface area (Å²) in [7, 11) is 0. The standard InChI is InChI=1S/C44H36N2/c1-4-31(26-25-29-15-6-5-7-16-29)45-42-34-21-10-11-22-35(34)43(46-41-24-14-18-30-17-8-9-19-32(30)41)37-27-36-33-20-12-13-23-39(33)44(2,3)40(36)28-38(37)42/h4-28,45-46H,1-3H3/b26-25-,31-4+. The van der Waals surface area contributed by atoms with Crippen molar-refractivity contribution < 1.29 is 0 Å². The van der Waals surface area contributed by atoms with Gasteiger partial charge in [0.1, 0.15) is 0 Å². The van der Waals surface area contributed by atoms with Gasteiger partial charge in [0, 0.05) is 43.7 Å². The van der Waals surface area contributed by atoms with Crippen LogP contribution in [0.2, 0.25) is 0 Å². The molecule has 0 atom stereocenters. The number of anilines is 3. The lowest BCUT2D eigenvalue weighted by Crippen LogP contribution is -2.15. The van der Waals surface area contributed by atoms with Crippen LogP contribution in [-0.4, -0.2) is 0 Å². The molecule has 1 aliphatic carbocycles. The number of benzene rings is 7. The van der Waals surface area contributed by atoms with Crippen molar-refractivity contribution in [3.63, 3.8) is 0 Å². The Hall–Kier alpha value is -5.60. The highest BCUT2D eigenvalue weighted by Gasteiger charge is 2.36. The molecule has 2 heteroatoms. The minimum Gasteiger partial charge on any atom is -0.355 e. The lowest BCUT2D eigenvalue weighted by atomic mass is 9.81. The largest absolute Gasteiger partial charge is 0.355 e. The van der Waals surface area contributed by atoms with E-state index in [1.165, 1.54) is 60.1 Å². The van der Waals surface area contributed by atoms with Crippen molar-refractivity contribution in [3.05, 3.63) is 168 Å². The third-order valence-electron chi connectivity index (χ3n) is 9.61. The first-order valence-corrected chi connectivity index (χ1v) is 16.1. The van der Waals surface area contributed by atoms with Crippen LogP contribution in [0.5, 0.6) is 0 Å². The highest BCUT2D eigenvalue weighted by molar-refractivity contribution is 6.22. The summed E-state index contributed by atoms with van der Waals surface area (Å²) in [4.78, 5) is 0. The Balaban J connectivity index is 1.40. The summed E-state index contributed by atoms with van der Waals surface area (Å²) in [6, 6.07) is 48.1. The van der Waals surface area contributed by atoms with Gasteiger partial charge >= 0.3 is 0 Å². The van der Waals surface area contributed by atoms with Gasteiger partial charge in [0.25, 0.3) is 0 Å². The molecule has 0 unspecified atom stereocenters. The first kappa shape index (κ1) is 27.9. The van der Waals surface area contributed by atoms with Crippen LogP contribution in [0.15, 0.2) is 151 Å². The van der Waals surface area contributed by atoms with Crippen molar-refractivity contribution in [2.45, 2.75) is 26.2 Å². The third-order valence-corrected chi connectivity index (χ3v) is 9.61. The van der Waals surface area contributed by atoms with E-state index in [0.29, 0.717) is 0 Å². The van der Waals surface area contributed by atoms with Crippen molar-refractivity contribution in [2.75, 3.05) is 10.6 Å². The summed E-state index contributed by atoms with van der Waals surface area (Å²) >= 11 is 0. The molecule has 0 saturated heterocycles. The summed E-state index contributed by atoms with van der Waals surface area (Å²) in [6.07, 6.45) is 6.49. The smallest absolute Gasteiger partial charge is 0.0545 e. The van der Waals surface area contributed by atoms with Gasteiger partial charge in [0.05, 0.1) is 11.4 Å². The van der Waals surface area contributed by atoms with Crippen molar-refractivity contribution in [3.8, 4) is 11.1 Å². The maximum Gasteiger partial charge on any atom is 0.0545 e. The van der Waals surface area contributed by atoms with Gasteiger partial charge in [-0.1, -0.05) is 141 Å². The second kappa shape index (κ2) is 11.1. The topological polar surface area (TPSA) is 24.1 Å². The van der Waals surface area contributed by atoms with Crippen molar-refractivity contribution in [1.82, 2.24) is 0 Å². The molecule has 7 aromatic carbocycles. The molecular weight excluding hydrogens is 556 g/mol. The lowest BCUT2D eigenvalue weighted by Gasteiger charge is -2.24. The SMILES string of the molecule is C/C=C(\C=C/c1ccccc1)Nc1c2ccccc2c(Nc2cccc3ccccc23)c2cc3c(cc12)C(C)(C)c1ccccc1-3. The fourth-order valence-corrected chi connectivity index (χ4v) is 7.21. The zero-order valence-electron chi connectivity index (χ0n) is 26.4. The molecule has 7 aromatic rings. The van der Waals surface area contributed by atoms with E-state index in [2.05, 4.69) is 183 Å². The summed E-state index contributed by atoms with van der Waals surface area (Å²) in [5.41, 5.74) is 10.8. The molecule has 2 N–H and O–H groups in total. The highest BCUT2D eigenvalue weighted by atomic mass is 14.9. The molecule has 222 valence electrons. The minimum atomic E-state index is -0.108. The van der Waals surface area contributed by atoms with E-state index < -0.39 is 0 Å². The number of fused-ring (bicyclic) bond motifs is 6. The highest BCUT2D eigenvalue weighted by Crippen LogP contribution is 2.52. The van der Waals surface area contributed by atoms with Gasteiger partial charge in [0.2, 0.25) is 0 Å². The number of nitrogens with one attached hydrogen (secondary N) is 2. The molecule has 0 aliphatic heterocycles. The van der Waals surface area contributed by atoms with Gasteiger partial charge in [-0.05, 0) is 64.4 Å². The molecule has 0 aromatic heterocycles. The fourth-order valence-electron chi connectivity index (χ4n) is 7.21. The predicted molar refractivity (Wildman–Crippen MR) is 199 cm³/mol. The molecule has 0 bridgehead atoms. The molecule has 0 fully saturated rings. The van der Waals surface area contributed by atoms with Gasteiger partial charge in [-0.25, -0.2) is 0 Å². The maximum absolute atomic E-state index is 3.95. The van der Waals surface area contributed by atoms with Gasteiger partial charge in [0.15, 0.2) is 0 Å². The molecule has 46 heavy (non-hydrogen) atoms. The molecule has 0 saturated carbocycles. The second-order valence-corrected chi connectivity index (χ2v) is 12.7. The van der Waals surface area contributed by atoms with Crippen LogP contribution >= 0.6 is 0 Å². The van der Waals surface area contributed by atoms with Crippen molar-refractivity contribution in [2.24, 2.45) is 0 Å². The molecule has 8 rings (SSSR count). The zero-order chi connectivity index (χ0) is 31.3. The van der Waals surface area contributed by atoms with E-state index in [9.17, 15) is 0 Å². The zero-order valence-corrected chi connectivity index (χ0v) is 26.4. The Bertz CT molecular complexity index is 2340. The first-order chi connectivity index (χ1) is 22.5. The van der Waals surface area contributed by atoms with Crippen LogP contribution in [-0.2, 0) is 5.41 Å². The number of hydrogen-bond donors (Lipinski definition) is 2. The van der Waals surface area contributed by atoms with Crippen LogP contribution in [0.1, 0.15) is 37.5 Å². The van der Waals surface area contributed by atoms with Gasteiger partial charge in [-0.15, -0.1) is 0 Å². The Morgan fingerprint density at radius 1 is 0.565 bits per heavy atom. The van der Waals surface area contributed by atoms with E-state index in [1.54, 1.807) is 0 Å². The minimum absolute atomic E-state index is 0.108. The van der Waals surface area contributed by atoms with Crippen LogP contribution in [0.3, 0.4) is 0 Å². The van der Waals surface area contributed by atoms with E-state index in [4.69, 9.17) is 0 Å². The van der Waals surface area contributed by atoms with E-state index in [1.807, 2.05) is 0 Å². The summed E-state index contributed by atoms with van der Waals surface area (Å²) in [5, 5.41) is 15.0. The molecule has 0 spiro atoms. The summed E-state index contributed by atoms with van der Waals surface area (Å²) in [6.45, 7) is 6.80. The monoisotopic (exact) mass is 592 g/mol. The van der Waals surface area contributed by atoms with Crippen molar-refractivity contribution >= 4 is 55.5 Å². The van der Waals surface area contributed by atoms with Crippen LogP contribution in [0, 0.1) is 0 Å². The Morgan fingerprint density at radius 3 is 2.02 bits per heavy atom. The first-order valence-electron chi connectivity index (χ1n) is 16.1. The van der Waals surface area contributed by atoms with Gasteiger partial charge < -0.3 is 10.6 Å². The maximum atomic E-state index is 3.95. The fraction of sp³-hybridized carbons (Fsp3) is 0.0909. The van der Waals surface area contributed by atoms with E-state index in [0.717, 1.165) is 22.8 Å². The quantitative estimate of drug-likeness (QED) is 0.114. The van der Waals surface area contributed by atoms with Gasteiger partial charge in [-0.3, -0.25) is 0 Å². The Morgan fingerprint density at radius 2 is 1.22 bits per heavy atom. The number of hydrogen-bond acceptors (Lipinski definition) is 2. The average molecular weight is 593 g/mol. The van der Waals surface area contributed by atoms with E-state index in [-0.39, 0.29) is 5.41 Å². The molecular formula is C44H36N2. The van der Waals surface area contributed by atoms with Crippen LogP contribution in [0.25, 0.3) is 49.5 Å². The molecule has 0 radical (unpaired) electrons. The normalized spacial score (nSPS) is 13.8.